The average Bonchev–Trinajstić information content (AvgIpc) is 2.27. The van der Waals surface area contributed by atoms with Gasteiger partial charge >= 0.3 is 5.97 Å². The van der Waals surface area contributed by atoms with E-state index in [1.54, 1.807) is 12.1 Å². The van der Waals surface area contributed by atoms with Crippen LogP contribution < -0.4 is 9.64 Å². The number of nitrogens with zero attached hydrogens (tertiary/aromatic N) is 1. The van der Waals surface area contributed by atoms with Crippen LogP contribution in [-0.2, 0) is 4.74 Å². The Bertz CT molecular complexity index is 499. The van der Waals surface area contributed by atoms with Gasteiger partial charge in [-0.25, -0.2) is 4.79 Å². The van der Waals surface area contributed by atoms with Gasteiger partial charge < -0.3 is 14.4 Å². The zero-order valence-electron chi connectivity index (χ0n) is 10.9. The lowest BCUT2D eigenvalue weighted by Gasteiger charge is -2.39. The number of hydrogen-bond acceptors (Lipinski definition) is 4. The van der Waals surface area contributed by atoms with Gasteiger partial charge in [0, 0.05) is 12.1 Å². The number of ether oxygens (including phenoxy) is 2. The summed E-state index contributed by atoms with van der Waals surface area (Å²) in [6.45, 7) is 4.67. The summed E-state index contributed by atoms with van der Waals surface area (Å²) in [5.41, 5.74) is 0.806. The summed E-state index contributed by atoms with van der Waals surface area (Å²) in [5.74, 6) is 0.0878. The molecule has 1 aliphatic rings. The fourth-order valence-electron chi connectivity index (χ4n) is 2.20. The van der Waals surface area contributed by atoms with Crippen LogP contribution in [0.5, 0.6) is 5.75 Å². The molecule has 98 valence electrons. The molecule has 0 spiro atoms. The third-order valence-electron chi connectivity index (χ3n) is 2.85. The van der Waals surface area contributed by atoms with Crippen LogP contribution in [0.3, 0.4) is 0 Å². The monoisotopic (exact) mass is 269 g/mol. The number of fused-ring (bicyclic) bond motifs is 1. The number of esters is 1. The summed E-state index contributed by atoms with van der Waals surface area (Å²) in [5, 5.41) is 0.490. The summed E-state index contributed by atoms with van der Waals surface area (Å²) < 4.78 is 10.7. The minimum absolute atomic E-state index is 0.361. The van der Waals surface area contributed by atoms with Crippen molar-refractivity contribution in [2.75, 3.05) is 25.6 Å². The van der Waals surface area contributed by atoms with E-state index in [4.69, 9.17) is 21.1 Å². The highest BCUT2D eigenvalue weighted by Gasteiger charge is 2.33. The van der Waals surface area contributed by atoms with E-state index in [0.29, 0.717) is 16.3 Å². The molecule has 5 heteroatoms. The largest absolute Gasteiger partial charge is 0.483 e. The van der Waals surface area contributed by atoms with Gasteiger partial charge in [-0.15, -0.1) is 0 Å². The second-order valence-electron chi connectivity index (χ2n) is 5.01. The van der Waals surface area contributed by atoms with Gasteiger partial charge in [-0.3, -0.25) is 0 Å². The van der Waals surface area contributed by atoms with E-state index in [1.165, 1.54) is 7.11 Å². The summed E-state index contributed by atoms with van der Waals surface area (Å²) in [4.78, 5) is 13.8. The Labute approximate surface area is 111 Å². The number of methoxy groups -OCH3 is 1. The van der Waals surface area contributed by atoms with Crippen molar-refractivity contribution in [3.63, 3.8) is 0 Å². The van der Waals surface area contributed by atoms with Crippen LogP contribution in [0, 0.1) is 0 Å². The Kier molecular flexibility index (Phi) is 3.15. The second kappa shape index (κ2) is 4.35. The van der Waals surface area contributed by atoms with Crippen LogP contribution in [0.25, 0.3) is 0 Å². The molecule has 0 aromatic heterocycles. The van der Waals surface area contributed by atoms with Crippen LogP contribution in [0.15, 0.2) is 12.1 Å². The molecule has 0 radical (unpaired) electrons. The Morgan fingerprint density at radius 3 is 2.78 bits per heavy atom. The first-order valence-electron chi connectivity index (χ1n) is 5.66. The van der Waals surface area contributed by atoms with Crippen LogP contribution >= 0.6 is 11.6 Å². The zero-order valence-corrected chi connectivity index (χ0v) is 11.7. The molecule has 0 unspecified atom stereocenters. The maximum absolute atomic E-state index is 11.8. The van der Waals surface area contributed by atoms with Crippen molar-refractivity contribution in [3.8, 4) is 5.75 Å². The number of hydrogen-bond donors (Lipinski definition) is 0. The van der Waals surface area contributed by atoms with Crippen LogP contribution in [0.2, 0.25) is 5.02 Å². The third kappa shape index (κ3) is 2.25. The van der Waals surface area contributed by atoms with E-state index in [-0.39, 0.29) is 5.60 Å². The van der Waals surface area contributed by atoms with Crippen LogP contribution in [-0.4, -0.2) is 32.3 Å². The number of rotatable bonds is 1. The van der Waals surface area contributed by atoms with Crippen LogP contribution in [0.1, 0.15) is 24.2 Å². The zero-order chi connectivity index (χ0) is 13.5. The van der Waals surface area contributed by atoms with E-state index in [9.17, 15) is 4.79 Å². The quantitative estimate of drug-likeness (QED) is 0.735. The molecule has 0 saturated carbocycles. The Morgan fingerprint density at radius 2 is 2.17 bits per heavy atom. The van der Waals surface area contributed by atoms with E-state index in [2.05, 4.69) is 0 Å². The molecule has 1 aromatic carbocycles. The van der Waals surface area contributed by atoms with Crippen molar-refractivity contribution < 1.29 is 14.3 Å². The standard InChI is InChI=1S/C13H16ClNO3/c1-13(2)7-15(3)10-6-8(14)5-9(11(10)18-13)12(16)17-4/h5-6H,7H2,1-4H3. The summed E-state index contributed by atoms with van der Waals surface area (Å²) in [6, 6.07) is 3.36. The first kappa shape index (κ1) is 13.0. The average molecular weight is 270 g/mol. The number of likely N-dealkylation sites (N-methyl/N-ethyl adjacent to an activating group) is 1. The van der Waals surface area contributed by atoms with E-state index in [1.807, 2.05) is 25.8 Å². The molecule has 1 aliphatic heterocycles. The SMILES string of the molecule is COC(=O)c1cc(Cl)cc2c1OC(C)(C)CN2C. The van der Waals surface area contributed by atoms with Gasteiger partial charge in [-0.1, -0.05) is 11.6 Å². The maximum atomic E-state index is 11.8. The molecule has 2 rings (SSSR count). The van der Waals surface area contributed by atoms with Crippen molar-refractivity contribution in [2.45, 2.75) is 19.4 Å². The molecule has 1 heterocycles. The molecule has 18 heavy (non-hydrogen) atoms. The maximum Gasteiger partial charge on any atom is 0.341 e. The summed E-state index contributed by atoms with van der Waals surface area (Å²) in [7, 11) is 3.29. The molecule has 0 amide bonds. The number of carbonyl (C=O) groups is 1. The topological polar surface area (TPSA) is 38.8 Å². The summed E-state index contributed by atoms with van der Waals surface area (Å²) in [6.07, 6.45) is 0. The normalized spacial score (nSPS) is 16.8. The second-order valence-corrected chi connectivity index (χ2v) is 5.45. The molecule has 1 aromatic rings. The predicted molar refractivity (Wildman–Crippen MR) is 70.8 cm³/mol. The molecule has 0 N–H and O–H groups in total. The highest BCUT2D eigenvalue weighted by molar-refractivity contribution is 6.31. The minimum Gasteiger partial charge on any atom is -0.483 e. The molecular weight excluding hydrogens is 254 g/mol. The van der Waals surface area contributed by atoms with Gasteiger partial charge in [-0.05, 0) is 26.0 Å². The van der Waals surface area contributed by atoms with Gasteiger partial charge in [-0.2, -0.15) is 0 Å². The highest BCUT2D eigenvalue weighted by Crippen LogP contribution is 2.41. The van der Waals surface area contributed by atoms with Crippen molar-refractivity contribution in [2.24, 2.45) is 0 Å². The lowest BCUT2D eigenvalue weighted by atomic mass is 10.0. The number of carbonyl (C=O) groups excluding carboxylic acids is 1. The van der Waals surface area contributed by atoms with Gasteiger partial charge in [0.05, 0.1) is 19.3 Å². The van der Waals surface area contributed by atoms with Crippen molar-refractivity contribution in [1.29, 1.82) is 0 Å². The molecule has 0 aliphatic carbocycles. The fourth-order valence-corrected chi connectivity index (χ4v) is 2.41. The van der Waals surface area contributed by atoms with E-state index < -0.39 is 5.97 Å². The van der Waals surface area contributed by atoms with Crippen molar-refractivity contribution in [3.05, 3.63) is 22.7 Å². The summed E-state index contributed by atoms with van der Waals surface area (Å²) >= 11 is 6.03. The minimum atomic E-state index is -0.445. The molecule has 4 nitrogen and oxygen atoms in total. The van der Waals surface area contributed by atoms with Crippen LogP contribution in [0.4, 0.5) is 5.69 Å². The smallest absolute Gasteiger partial charge is 0.341 e. The lowest BCUT2D eigenvalue weighted by Crippen LogP contribution is -2.45. The fraction of sp³-hybridized carbons (Fsp3) is 0.462. The van der Waals surface area contributed by atoms with Gasteiger partial charge in [0.1, 0.15) is 11.2 Å². The molecule has 0 saturated heterocycles. The van der Waals surface area contributed by atoms with E-state index >= 15 is 0 Å². The first-order chi connectivity index (χ1) is 8.34. The molecule has 0 atom stereocenters. The van der Waals surface area contributed by atoms with Gasteiger partial charge in [0.25, 0.3) is 0 Å². The number of halogens is 1. The first-order valence-corrected chi connectivity index (χ1v) is 6.04. The van der Waals surface area contributed by atoms with Gasteiger partial charge in [0.15, 0.2) is 5.75 Å². The Hall–Kier alpha value is -1.42. The third-order valence-corrected chi connectivity index (χ3v) is 3.07. The Balaban J connectivity index is 2.60. The number of anilines is 1. The predicted octanol–water partition coefficient (Wildman–Crippen LogP) is 2.73. The highest BCUT2D eigenvalue weighted by atomic mass is 35.5. The number of benzene rings is 1. The molecule has 0 fully saturated rings. The van der Waals surface area contributed by atoms with Gasteiger partial charge in [0.2, 0.25) is 0 Å². The van der Waals surface area contributed by atoms with Crippen molar-refractivity contribution in [1.82, 2.24) is 0 Å². The molecule has 0 bridgehead atoms. The van der Waals surface area contributed by atoms with E-state index in [0.717, 1.165) is 12.2 Å². The van der Waals surface area contributed by atoms with Crippen molar-refractivity contribution >= 4 is 23.3 Å². The lowest BCUT2D eigenvalue weighted by molar-refractivity contribution is 0.0578. The Morgan fingerprint density at radius 1 is 1.50 bits per heavy atom. The molecular formula is C13H16ClNO3.